The van der Waals surface area contributed by atoms with Gasteiger partial charge in [0, 0.05) is 16.6 Å². The normalized spacial score (nSPS) is 15.1. The number of nitrogens with two attached hydrogens (primary N) is 1. The van der Waals surface area contributed by atoms with Crippen molar-refractivity contribution >= 4 is 49.4 Å². The molecule has 4 rings (SSSR count). The molecule has 2 heterocycles. The number of aromatic nitrogens is 1. The minimum absolute atomic E-state index is 0.472. The van der Waals surface area contributed by atoms with Crippen molar-refractivity contribution in [2.75, 3.05) is 0 Å². The van der Waals surface area contributed by atoms with Gasteiger partial charge in [-0.15, -0.1) is 11.3 Å². The number of carbonyl (C=O) groups is 2. The molecule has 1 amide bonds. The number of amides is 1. The van der Waals surface area contributed by atoms with Crippen LogP contribution in [0.15, 0.2) is 46.3 Å². The highest BCUT2D eigenvalue weighted by Crippen LogP contribution is 2.35. The quantitative estimate of drug-likeness (QED) is 0.591. The predicted molar refractivity (Wildman–Crippen MR) is 104 cm³/mol. The molecule has 5 nitrogen and oxygen atoms in total. The number of fused-ring (bicyclic) bond motifs is 1. The largest absolute Gasteiger partial charge is 0.443 e. The first-order chi connectivity index (χ1) is 12.5. The molecule has 0 saturated heterocycles. The summed E-state index contributed by atoms with van der Waals surface area (Å²) in [7, 11) is 0. The van der Waals surface area contributed by atoms with Crippen LogP contribution in [0.3, 0.4) is 0 Å². The van der Waals surface area contributed by atoms with E-state index in [1.54, 1.807) is 29.5 Å². The Morgan fingerprint density at radius 2 is 2.12 bits per heavy atom. The van der Waals surface area contributed by atoms with Gasteiger partial charge in [0.2, 0.25) is 6.10 Å². The topological polar surface area (TPSA) is 74.3 Å². The van der Waals surface area contributed by atoms with E-state index in [-0.39, 0.29) is 0 Å². The van der Waals surface area contributed by atoms with E-state index >= 15 is 0 Å². The Kier molecular flexibility index (Phi) is 4.58. The van der Waals surface area contributed by atoms with Crippen molar-refractivity contribution in [3.8, 4) is 0 Å². The molecule has 0 bridgehead atoms. The third kappa shape index (κ3) is 3.41. The molecule has 1 aliphatic rings. The van der Waals surface area contributed by atoms with Crippen molar-refractivity contribution < 1.29 is 14.3 Å². The van der Waals surface area contributed by atoms with Crippen LogP contribution in [0.4, 0.5) is 0 Å². The monoisotopic (exact) mass is 432 g/mol. The molecule has 1 unspecified atom stereocenters. The van der Waals surface area contributed by atoms with Crippen LogP contribution in [0.1, 0.15) is 35.0 Å². The number of hydrogen-bond acceptors (Lipinski definition) is 4. The summed E-state index contributed by atoms with van der Waals surface area (Å²) in [5.74, 6) is -0.620. The molecule has 1 aliphatic carbocycles. The Hall–Kier alpha value is -2.12. The lowest BCUT2D eigenvalue weighted by Gasteiger charge is -2.16. The van der Waals surface area contributed by atoms with Gasteiger partial charge in [-0.05, 0) is 48.4 Å². The van der Waals surface area contributed by atoms with Crippen LogP contribution >= 0.6 is 27.3 Å². The van der Waals surface area contributed by atoms with E-state index in [0.29, 0.717) is 17.2 Å². The van der Waals surface area contributed by atoms with E-state index in [4.69, 9.17) is 10.5 Å². The molecular weight excluding hydrogens is 416 g/mol. The molecule has 1 atom stereocenters. The summed E-state index contributed by atoms with van der Waals surface area (Å²) in [6.45, 7) is 0.794. The van der Waals surface area contributed by atoms with Crippen LogP contribution in [0, 0.1) is 5.92 Å². The third-order valence-corrected chi connectivity index (χ3v) is 5.85. The molecule has 3 aromatic rings. The Balaban J connectivity index is 1.65. The van der Waals surface area contributed by atoms with E-state index < -0.39 is 18.0 Å². The Morgan fingerprint density at radius 1 is 1.31 bits per heavy atom. The van der Waals surface area contributed by atoms with E-state index in [0.717, 1.165) is 21.2 Å². The van der Waals surface area contributed by atoms with Gasteiger partial charge in [-0.3, -0.25) is 4.79 Å². The zero-order chi connectivity index (χ0) is 18.3. The average Bonchev–Trinajstić information content (AvgIpc) is 3.19. The van der Waals surface area contributed by atoms with Gasteiger partial charge < -0.3 is 15.0 Å². The number of hydrogen-bond donors (Lipinski definition) is 1. The molecule has 2 N–H and O–H groups in total. The Bertz CT molecular complexity index is 990. The van der Waals surface area contributed by atoms with Gasteiger partial charge in [-0.2, -0.15) is 0 Å². The summed E-state index contributed by atoms with van der Waals surface area (Å²) < 4.78 is 9.36. The maximum Gasteiger partial charge on any atom is 0.356 e. The minimum atomic E-state index is -1.12. The molecule has 2 aromatic heterocycles. The fourth-order valence-electron chi connectivity index (χ4n) is 3.03. The SMILES string of the molecule is NC(=O)C(OC(=O)c1cc2sccc2n1CC1CC1)c1cccc(Br)c1. The highest BCUT2D eigenvalue weighted by atomic mass is 79.9. The first kappa shape index (κ1) is 17.3. The van der Waals surface area contributed by atoms with Crippen molar-refractivity contribution in [3.63, 3.8) is 0 Å². The number of nitrogens with zero attached hydrogens (tertiary/aromatic N) is 1. The van der Waals surface area contributed by atoms with Gasteiger partial charge in [0.15, 0.2) is 0 Å². The van der Waals surface area contributed by atoms with Crippen molar-refractivity contribution in [3.05, 3.63) is 57.5 Å². The molecule has 1 fully saturated rings. The number of rotatable bonds is 6. The molecule has 1 aromatic carbocycles. The fourth-order valence-corrected chi connectivity index (χ4v) is 4.27. The number of primary amides is 1. The maximum absolute atomic E-state index is 12.9. The number of carbonyl (C=O) groups excluding carboxylic acids is 2. The minimum Gasteiger partial charge on any atom is -0.443 e. The molecule has 134 valence electrons. The lowest BCUT2D eigenvalue weighted by atomic mass is 10.1. The molecular formula is C19H17BrN2O3S. The number of ether oxygens (including phenoxy) is 1. The number of esters is 1. The second-order valence-corrected chi connectivity index (χ2v) is 8.36. The van der Waals surface area contributed by atoms with Crippen LogP contribution in [-0.2, 0) is 16.1 Å². The van der Waals surface area contributed by atoms with E-state index in [2.05, 4.69) is 15.9 Å². The first-order valence-corrected chi connectivity index (χ1v) is 10.0. The van der Waals surface area contributed by atoms with Crippen LogP contribution in [0.25, 0.3) is 10.2 Å². The Morgan fingerprint density at radius 3 is 2.81 bits per heavy atom. The molecule has 0 aliphatic heterocycles. The summed E-state index contributed by atoms with van der Waals surface area (Å²) >= 11 is 4.94. The summed E-state index contributed by atoms with van der Waals surface area (Å²) in [6.07, 6.45) is 1.24. The van der Waals surface area contributed by atoms with Crippen molar-refractivity contribution in [1.29, 1.82) is 0 Å². The first-order valence-electron chi connectivity index (χ1n) is 8.35. The van der Waals surface area contributed by atoms with E-state index in [1.165, 1.54) is 12.8 Å². The summed E-state index contributed by atoms with van der Waals surface area (Å²) in [4.78, 5) is 24.7. The zero-order valence-electron chi connectivity index (χ0n) is 13.9. The molecule has 0 radical (unpaired) electrons. The summed E-state index contributed by atoms with van der Waals surface area (Å²) in [5.41, 5.74) is 7.54. The van der Waals surface area contributed by atoms with Crippen molar-refractivity contribution in [2.45, 2.75) is 25.5 Å². The highest BCUT2D eigenvalue weighted by molar-refractivity contribution is 9.10. The second kappa shape index (κ2) is 6.89. The lowest BCUT2D eigenvalue weighted by molar-refractivity contribution is -0.127. The van der Waals surface area contributed by atoms with Gasteiger partial charge in [0.1, 0.15) is 5.69 Å². The molecule has 26 heavy (non-hydrogen) atoms. The molecule has 0 spiro atoms. The zero-order valence-corrected chi connectivity index (χ0v) is 16.3. The number of halogens is 1. The van der Waals surface area contributed by atoms with Gasteiger partial charge in [-0.1, -0.05) is 28.1 Å². The van der Waals surface area contributed by atoms with Crippen LogP contribution in [0.5, 0.6) is 0 Å². The predicted octanol–water partition coefficient (Wildman–Crippen LogP) is 4.26. The summed E-state index contributed by atoms with van der Waals surface area (Å²) in [6, 6.07) is 10.9. The number of benzene rings is 1. The molecule has 1 saturated carbocycles. The van der Waals surface area contributed by atoms with Crippen LogP contribution in [0.2, 0.25) is 0 Å². The molecule has 7 heteroatoms. The standard InChI is InChI=1S/C19H17BrN2O3S/c20-13-3-1-2-12(8-13)17(18(21)23)25-19(24)15-9-16-14(6-7-26-16)22(15)10-11-4-5-11/h1-3,6-9,11,17H,4-5,10H2,(H2,21,23). The van der Waals surface area contributed by atoms with Crippen LogP contribution in [-0.4, -0.2) is 16.4 Å². The number of thiophene rings is 1. The summed E-state index contributed by atoms with van der Waals surface area (Å²) in [5, 5.41) is 2.01. The van der Waals surface area contributed by atoms with Crippen molar-refractivity contribution in [2.24, 2.45) is 11.7 Å². The fraction of sp³-hybridized carbons (Fsp3) is 0.263. The average molecular weight is 433 g/mol. The van der Waals surface area contributed by atoms with E-state index in [9.17, 15) is 9.59 Å². The van der Waals surface area contributed by atoms with Crippen molar-refractivity contribution in [1.82, 2.24) is 4.57 Å². The van der Waals surface area contributed by atoms with Gasteiger partial charge in [0.25, 0.3) is 5.91 Å². The van der Waals surface area contributed by atoms with Gasteiger partial charge in [-0.25, -0.2) is 4.79 Å². The van der Waals surface area contributed by atoms with Gasteiger partial charge >= 0.3 is 5.97 Å². The van der Waals surface area contributed by atoms with E-state index in [1.807, 2.05) is 28.1 Å². The van der Waals surface area contributed by atoms with Crippen LogP contribution < -0.4 is 5.73 Å². The van der Waals surface area contributed by atoms with Gasteiger partial charge in [0.05, 0.1) is 10.2 Å². The maximum atomic E-state index is 12.9. The lowest BCUT2D eigenvalue weighted by Crippen LogP contribution is -2.27. The highest BCUT2D eigenvalue weighted by Gasteiger charge is 2.29. The smallest absolute Gasteiger partial charge is 0.356 e. The Labute approximate surface area is 162 Å². The third-order valence-electron chi connectivity index (χ3n) is 4.50. The second-order valence-electron chi connectivity index (χ2n) is 6.50.